The third-order valence-corrected chi connectivity index (χ3v) is 3.88. The summed E-state index contributed by atoms with van der Waals surface area (Å²) in [4.78, 5) is 13.2. The van der Waals surface area contributed by atoms with Crippen molar-refractivity contribution in [1.82, 2.24) is 10.2 Å². The zero-order chi connectivity index (χ0) is 12.1. The summed E-state index contributed by atoms with van der Waals surface area (Å²) in [5, 5.41) is 12.4. The molecule has 3 unspecified atom stereocenters. The highest BCUT2D eigenvalue weighted by Crippen LogP contribution is 2.18. The van der Waals surface area contributed by atoms with Gasteiger partial charge in [-0.05, 0) is 46.3 Å². The molecule has 4 heteroatoms. The summed E-state index contributed by atoms with van der Waals surface area (Å²) in [5.74, 6) is -1.01. The molecule has 0 spiro atoms. The standard InChI is InChI=1S/C12H24N2O2/c1-9(12(15)16)10(2)14(3)11-5-4-7-13-8-6-11/h9-11,13H,4-8H2,1-3H3,(H,15,16). The van der Waals surface area contributed by atoms with Crippen LogP contribution in [0.25, 0.3) is 0 Å². The molecule has 0 bridgehead atoms. The average Bonchev–Trinajstić information content (AvgIpc) is 2.54. The van der Waals surface area contributed by atoms with Crippen molar-refractivity contribution in [1.29, 1.82) is 0 Å². The van der Waals surface area contributed by atoms with Crippen molar-refractivity contribution in [2.75, 3.05) is 20.1 Å². The minimum absolute atomic E-state index is 0.0978. The summed E-state index contributed by atoms with van der Waals surface area (Å²) in [6, 6.07) is 0.618. The Morgan fingerprint density at radius 2 is 2.06 bits per heavy atom. The van der Waals surface area contributed by atoms with Gasteiger partial charge in [-0.2, -0.15) is 0 Å². The maximum Gasteiger partial charge on any atom is 0.307 e. The molecule has 0 aromatic carbocycles. The van der Waals surface area contributed by atoms with Crippen LogP contribution in [0, 0.1) is 5.92 Å². The molecule has 0 aromatic heterocycles. The molecule has 2 N–H and O–H groups in total. The SMILES string of the molecule is CC(C(=O)O)C(C)N(C)C1CCCNCC1. The van der Waals surface area contributed by atoms with Gasteiger partial charge in [0, 0.05) is 12.1 Å². The van der Waals surface area contributed by atoms with Gasteiger partial charge in [0.1, 0.15) is 0 Å². The first-order valence-corrected chi connectivity index (χ1v) is 6.19. The molecule has 0 saturated carbocycles. The van der Waals surface area contributed by atoms with E-state index in [1.54, 1.807) is 6.92 Å². The van der Waals surface area contributed by atoms with Crippen molar-refractivity contribution < 1.29 is 9.90 Å². The monoisotopic (exact) mass is 228 g/mol. The molecular weight excluding hydrogens is 204 g/mol. The number of hydrogen-bond donors (Lipinski definition) is 2. The zero-order valence-electron chi connectivity index (χ0n) is 10.6. The molecule has 1 aliphatic rings. The van der Waals surface area contributed by atoms with Crippen molar-refractivity contribution >= 4 is 5.97 Å². The first-order valence-electron chi connectivity index (χ1n) is 6.19. The van der Waals surface area contributed by atoms with Crippen molar-refractivity contribution in [3.63, 3.8) is 0 Å². The van der Waals surface area contributed by atoms with Crippen LogP contribution in [0.3, 0.4) is 0 Å². The maximum atomic E-state index is 11.0. The molecule has 1 saturated heterocycles. The Bertz CT molecular complexity index is 225. The average molecular weight is 228 g/mol. The van der Waals surface area contributed by atoms with E-state index in [2.05, 4.69) is 17.3 Å². The van der Waals surface area contributed by atoms with Crippen LogP contribution in [-0.4, -0.2) is 48.2 Å². The highest BCUT2D eigenvalue weighted by Gasteiger charge is 2.27. The minimum atomic E-state index is -0.703. The lowest BCUT2D eigenvalue weighted by atomic mass is 9.98. The van der Waals surface area contributed by atoms with Gasteiger partial charge in [0.2, 0.25) is 0 Å². The topological polar surface area (TPSA) is 52.6 Å². The van der Waals surface area contributed by atoms with Crippen LogP contribution < -0.4 is 5.32 Å². The molecule has 0 radical (unpaired) electrons. The second-order valence-corrected chi connectivity index (χ2v) is 4.87. The minimum Gasteiger partial charge on any atom is -0.481 e. The molecule has 1 fully saturated rings. The van der Waals surface area contributed by atoms with Crippen LogP contribution in [0.2, 0.25) is 0 Å². The van der Waals surface area contributed by atoms with Gasteiger partial charge in [0.25, 0.3) is 0 Å². The first-order chi connectivity index (χ1) is 7.54. The molecule has 3 atom stereocenters. The Labute approximate surface area is 98.0 Å². The van der Waals surface area contributed by atoms with Crippen molar-refractivity contribution in [2.24, 2.45) is 5.92 Å². The lowest BCUT2D eigenvalue weighted by molar-refractivity contribution is -0.143. The Kier molecular flexibility index (Phi) is 5.22. The fourth-order valence-electron chi connectivity index (χ4n) is 2.30. The number of rotatable bonds is 4. The molecule has 0 amide bonds. The second-order valence-electron chi connectivity index (χ2n) is 4.87. The lowest BCUT2D eigenvalue weighted by Crippen LogP contribution is -2.44. The van der Waals surface area contributed by atoms with Crippen molar-refractivity contribution in [2.45, 2.75) is 45.2 Å². The number of carboxylic acids is 1. The van der Waals surface area contributed by atoms with Gasteiger partial charge in [-0.15, -0.1) is 0 Å². The molecule has 0 aromatic rings. The third-order valence-electron chi connectivity index (χ3n) is 3.88. The largest absolute Gasteiger partial charge is 0.481 e. The quantitative estimate of drug-likeness (QED) is 0.758. The molecular formula is C12H24N2O2. The number of aliphatic carboxylic acids is 1. The Morgan fingerprint density at radius 1 is 1.38 bits per heavy atom. The van der Waals surface area contributed by atoms with E-state index in [4.69, 9.17) is 5.11 Å². The maximum absolute atomic E-state index is 11.0. The van der Waals surface area contributed by atoms with Crippen LogP contribution in [0.1, 0.15) is 33.1 Å². The van der Waals surface area contributed by atoms with E-state index in [0.29, 0.717) is 6.04 Å². The molecule has 16 heavy (non-hydrogen) atoms. The fourth-order valence-corrected chi connectivity index (χ4v) is 2.30. The van der Waals surface area contributed by atoms with Crippen LogP contribution in [0.5, 0.6) is 0 Å². The van der Waals surface area contributed by atoms with Gasteiger partial charge in [0.05, 0.1) is 5.92 Å². The van der Waals surface area contributed by atoms with Gasteiger partial charge in [-0.25, -0.2) is 0 Å². The predicted octanol–water partition coefficient (Wildman–Crippen LogP) is 1.17. The van der Waals surface area contributed by atoms with Crippen LogP contribution >= 0.6 is 0 Å². The summed E-state index contributed by atoms with van der Waals surface area (Å²) < 4.78 is 0. The third kappa shape index (κ3) is 3.46. The van der Waals surface area contributed by atoms with E-state index < -0.39 is 5.97 Å². The lowest BCUT2D eigenvalue weighted by Gasteiger charge is -2.34. The summed E-state index contributed by atoms with van der Waals surface area (Å²) in [6.45, 7) is 5.94. The van der Waals surface area contributed by atoms with E-state index in [1.807, 2.05) is 6.92 Å². The molecule has 94 valence electrons. The Morgan fingerprint density at radius 3 is 2.69 bits per heavy atom. The van der Waals surface area contributed by atoms with E-state index in [9.17, 15) is 4.79 Å². The number of nitrogens with zero attached hydrogens (tertiary/aromatic N) is 1. The van der Waals surface area contributed by atoms with E-state index >= 15 is 0 Å². The highest BCUT2D eigenvalue weighted by atomic mass is 16.4. The number of nitrogens with one attached hydrogen (secondary N) is 1. The van der Waals surface area contributed by atoms with Gasteiger partial charge < -0.3 is 10.4 Å². The van der Waals surface area contributed by atoms with Gasteiger partial charge in [-0.1, -0.05) is 6.92 Å². The van der Waals surface area contributed by atoms with Crippen molar-refractivity contribution in [3.8, 4) is 0 Å². The highest BCUT2D eigenvalue weighted by molar-refractivity contribution is 5.70. The van der Waals surface area contributed by atoms with Crippen LogP contribution in [0.4, 0.5) is 0 Å². The van der Waals surface area contributed by atoms with Gasteiger partial charge in [-0.3, -0.25) is 9.69 Å². The van der Waals surface area contributed by atoms with Crippen LogP contribution in [0.15, 0.2) is 0 Å². The summed E-state index contributed by atoms with van der Waals surface area (Å²) in [5.41, 5.74) is 0. The van der Waals surface area contributed by atoms with E-state index in [1.165, 1.54) is 12.8 Å². The summed E-state index contributed by atoms with van der Waals surface area (Å²) in [7, 11) is 2.06. The number of carboxylic acid groups (broad SMARTS) is 1. The molecule has 1 aliphatic heterocycles. The van der Waals surface area contributed by atoms with Crippen molar-refractivity contribution in [3.05, 3.63) is 0 Å². The molecule has 4 nitrogen and oxygen atoms in total. The zero-order valence-corrected chi connectivity index (χ0v) is 10.6. The Balaban J connectivity index is 2.53. The van der Waals surface area contributed by atoms with E-state index in [0.717, 1.165) is 19.5 Å². The molecule has 1 rings (SSSR count). The predicted molar refractivity (Wildman–Crippen MR) is 64.5 cm³/mol. The summed E-state index contributed by atoms with van der Waals surface area (Å²) >= 11 is 0. The molecule has 1 heterocycles. The van der Waals surface area contributed by atoms with E-state index in [-0.39, 0.29) is 12.0 Å². The van der Waals surface area contributed by atoms with Gasteiger partial charge in [0.15, 0.2) is 0 Å². The van der Waals surface area contributed by atoms with Gasteiger partial charge >= 0.3 is 5.97 Å². The number of hydrogen-bond acceptors (Lipinski definition) is 3. The Hall–Kier alpha value is -0.610. The molecule has 0 aliphatic carbocycles. The fraction of sp³-hybridized carbons (Fsp3) is 0.917. The number of carbonyl (C=O) groups is 1. The second kappa shape index (κ2) is 6.21. The smallest absolute Gasteiger partial charge is 0.307 e. The summed E-state index contributed by atoms with van der Waals surface area (Å²) in [6.07, 6.45) is 3.47. The van der Waals surface area contributed by atoms with Crippen LogP contribution in [-0.2, 0) is 4.79 Å². The first kappa shape index (κ1) is 13.5. The normalized spacial score (nSPS) is 26.1.